The lowest BCUT2D eigenvalue weighted by Gasteiger charge is -2.28. The quantitative estimate of drug-likeness (QED) is 0.655. The van der Waals surface area contributed by atoms with Crippen molar-refractivity contribution in [2.75, 3.05) is 11.5 Å². The molecular formula is C6H10S4. The second-order valence-corrected chi connectivity index (χ2v) is 8.27. The fourth-order valence-corrected chi connectivity index (χ4v) is 6.74. The molecule has 0 radical (unpaired) electrons. The van der Waals surface area contributed by atoms with Crippen molar-refractivity contribution in [2.24, 2.45) is 0 Å². The lowest BCUT2D eigenvalue weighted by Crippen LogP contribution is -2.13. The minimum Gasteiger partial charge on any atom is -0.147 e. The highest BCUT2D eigenvalue weighted by Crippen LogP contribution is 2.50. The number of rotatable bonds is 3. The van der Waals surface area contributed by atoms with Gasteiger partial charge in [-0.1, -0.05) is 21.6 Å². The first kappa shape index (κ1) is 8.02. The largest absolute Gasteiger partial charge is 0.147 e. The molecule has 2 saturated heterocycles. The molecule has 0 nitrogen and oxygen atoms in total. The first-order chi connectivity index (χ1) is 4.95. The Labute approximate surface area is 78.4 Å². The summed E-state index contributed by atoms with van der Waals surface area (Å²) in [5.41, 5.74) is 0. The molecule has 2 rings (SSSR count). The summed E-state index contributed by atoms with van der Waals surface area (Å²) in [6, 6.07) is 0. The van der Waals surface area contributed by atoms with Crippen LogP contribution in [0.5, 0.6) is 0 Å². The fourth-order valence-electron chi connectivity index (χ4n) is 0.704. The second kappa shape index (κ2) is 3.87. The molecule has 10 heavy (non-hydrogen) atoms. The predicted molar refractivity (Wildman–Crippen MR) is 56.9 cm³/mol. The van der Waals surface area contributed by atoms with E-state index in [0.717, 1.165) is 9.16 Å². The van der Waals surface area contributed by atoms with E-state index in [1.165, 1.54) is 24.3 Å². The van der Waals surface area contributed by atoms with Crippen molar-refractivity contribution in [3.05, 3.63) is 0 Å². The maximum absolute atomic E-state index is 2.11. The van der Waals surface area contributed by atoms with Crippen molar-refractivity contribution in [1.82, 2.24) is 0 Å². The first-order valence-corrected chi connectivity index (χ1v) is 7.88. The number of thioether (sulfide) groups is 2. The molecule has 0 amide bonds. The van der Waals surface area contributed by atoms with Crippen LogP contribution < -0.4 is 0 Å². The molecule has 4 heteroatoms. The highest BCUT2D eigenvalue weighted by atomic mass is 33.1. The Balaban J connectivity index is 1.54. The van der Waals surface area contributed by atoms with Crippen LogP contribution in [0.4, 0.5) is 0 Å². The van der Waals surface area contributed by atoms with E-state index in [0.29, 0.717) is 0 Å². The summed E-state index contributed by atoms with van der Waals surface area (Å²) in [6.45, 7) is 0. The van der Waals surface area contributed by atoms with Crippen molar-refractivity contribution in [1.29, 1.82) is 0 Å². The van der Waals surface area contributed by atoms with Crippen LogP contribution in [0.3, 0.4) is 0 Å². The molecule has 0 aromatic heterocycles. The van der Waals surface area contributed by atoms with Crippen molar-refractivity contribution < 1.29 is 0 Å². The topological polar surface area (TPSA) is 0 Å². The average Bonchev–Trinajstić information content (AvgIpc) is 1.70. The first-order valence-electron chi connectivity index (χ1n) is 3.50. The normalized spacial score (nSPS) is 38.4. The molecule has 58 valence electrons. The van der Waals surface area contributed by atoms with Crippen LogP contribution in [0.15, 0.2) is 0 Å². The van der Waals surface area contributed by atoms with Crippen molar-refractivity contribution in [2.45, 2.75) is 22.0 Å². The van der Waals surface area contributed by atoms with Gasteiger partial charge in [0.2, 0.25) is 0 Å². The van der Waals surface area contributed by atoms with Gasteiger partial charge in [-0.15, -0.1) is 23.5 Å². The van der Waals surface area contributed by atoms with Crippen LogP contribution in [0.1, 0.15) is 12.8 Å². The van der Waals surface area contributed by atoms with E-state index >= 15 is 0 Å². The van der Waals surface area contributed by atoms with Gasteiger partial charge in [-0.05, 0) is 24.3 Å². The summed E-state index contributed by atoms with van der Waals surface area (Å²) in [4.78, 5) is 0. The molecule has 0 saturated carbocycles. The molecule has 2 unspecified atom stereocenters. The third-order valence-corrected chi connectivity index (χ3v) is 8.61. The Morgan fingerprint density at radius 1 is 0.900 bits per heavy atom. The third-order valence-electron chi connectivity index (χ3n) is 1.58. The molecule has 0 aromatic carbocycles. The van der Waals surface area contributed by atoms with Crippen LogP contribution in [-0.4, -0.2) is 20.7 Å². The molecule has 0 spiro atoms. The molecule has 2 atom stereocenters. The van der Waals surface area contributed by atoms with Gasteiger partial charge in [0, 0.05) is 0 Å². The van der Waals surface area contributed by atoms with E-state index in [1.807, 2.05) is 0 Å². The molecule has 0 bridgehead atoms. The minimum atomic E-state index is 0.936. The van der Waals surface area contributed by atoms with Gasteiger partial charge in [0.05, 0.1) is 9.16 Å². The maximum Gasteiger partial charge on any atom is 0.0614 e. The van der Waals surface area contributed by atoms with E-state index in [2.05, 4.69) is 45.1 Å². The summed E-state index contributed by atoms with van der Waals surface area (Å²) >= 11 is 4.23. The van der Waals surface area contributed by atoms with Gasteiger partial charge < -0.3 is 0 Å². The van der Waals surface area contributed by atoms with E-state index in [-0.39, 0.29) is 0 Å². The van der Waals surface area contributed by atoms with Crippen molar-refractivity contribution in [3.8, 4) is 0 Å². The van der Waals surface area contributed by atoms with Crippen LogP contribution in [-0.2, 0) is 0 Å². The molecule has 2 heterocycles. The maximum atomic E-state index is 2.11. The van der Waals surface area contributed by atoms with Crippen molar-refractivity contribution >= 4 is 45.1 Å². The summed E-state index contributed by atoms with van der Waals surface area (Å²) in [5, 5.41) is 0. The van der Waals surface area contributed by atoms with Gasteiger partial charge >= 0.3 is 0 Å². The number of hydrogen-bond acceptors (Lipinski definition) is 4. The minimum absolute atomic E-state index is 0.936. The van der Waals surface area contributed by atoms with E-state index < -0.39 is 0 Å². The Hall–Kier alpha value is 1.40. The Bertz CT molecular complexity index is 94.3. The highest BCUT2D eigenvalue weighted by molar-refractivity contribution is 8.80. The highest BCUT2D eigenvalue weighted by Gasteiger charge is 2.24. The third kappa shape index (κ3) is 1.96. The standard InChI is InChI=1S/C6H10S4/c1-3-7-5(1)9-10-6-2-4-8-6/h5-6H,1-4H2. The van der Waals surface area contributed by atoms with E-state index in [9.17, 15) is 0 Å². The molecule has 0 aliphatic carbocycles. The van der Waals surface area contributed by atoms with Crippen LogP contribution in [0.25, 0.3) is 0 Å². The smallest absolute Gasteiger partial charge is 0.0614 e. The summed E-state index contributed by atoms with van der Waals surface area (Å²) < 4.78 is 1.87. The van der Waals surface area contributed by atoms with Crippen LogP contribution in [0, 0.1) is 0 Å². The van der Waals surface area contributed by atoms with Crippen LogP contribution >= 0.6 is 45.1 Å². The summed E-state index contributed by atoms with van der Waals surface area (Å²) in [6.07, 6.45) is 2.89. The van der Waals surface area contributed by atoms with Gasteiger partial charge in [-0.2, -0.15) is 0 Å². The zero-order valence-corrected chi connectivity index (χ0v) is 8.88. The average molecular weight is 210 g/mol. The second-order valence-electron chi connectivity index (χ2n) is 2.37. The number of hydrogen-bond donors (Lipinski definition) is 0. The van der Waals surface area contributed by atoms with E-state index in [4.69, 9.17) is 0 Å². The van der Waals surface area contributed by atoms with Gasteiger partial charge in [0.1, 0.15) is 0 Å². The molecule has 2 aliphatic rings. The zero-order chi connectivity index (χ0) is 6.81. The molecule has 2 aliphatic heterocycles. The van der Waals surface area contributed by atoms with Crippen molar-refractivity contribution in [3.63, 3.8) is 0 Å². The Morgan fingerprint density at radius 3 is 1.50 bits per heavy atom. The molecule has 2 fully saturated rings. The predicted octanol–water partition coefficient (Wildman–Crippen LogP) is 3.29. The lowest BCUT2D eigenvalue weighted by atomic mass is 10.5. The van der Waals surface area contributed by atoms with Gasteiger partial charge in [0.25, 0.3) is 0 Å². The van der Waals surface area contributed by atoms with E-state index in [1.54, 1.807) is 0 Å². The summed E-state index contributed by atoms with van der Waals surface area (Å²) in [7, 11) is 4.21. The van der Waals surface area contributed by atoms with Gasteiger partial charge in [0.15, 0.2) is 0 Å². The van der Waals surface area contributed by atoms with Crippen LogP contribution in [0.2, 0.25) is 0 Å². The summed E-state index contributed by atoms with van der Waals surface area (Å²) in [5.74, 6) is 2.80. The molecular weight excluding hydrogens is 200 g/mol. The Morgan fingerprint density at radius 2 is 1.30 bits per heavy atom. The Kier molecular flexibility index (Phi) is 3.11. The van der Waals surface area contributed by atoms with Gasteiger partial charge in [-0.25, -0.2) is 0 Å². The van der Waals surface area contributed by atoms with Gasteiger partial charge in [-0.3, -0.25) is 0 Å². The lowest BCUT2D eigenvalue weighted by molar-refractivity contribution is 1.01. The molecule has 0 N–H and O–H groups in total. The SMILES string of the molecule is C1CC(SSC2CCS2)S1. The monoisotopic (exact) mass is 210 g/mol. The zero-order valence-electron chi connectivity index (χ0n) is 5.62. The molecule has 0 aromatic rings. The fraction of sp³-hybridized carbons (Fsp3) is 1.00.